The molecule has 0 spiro atoms. The molecule has 1 fully saturated rings. The van der Waals surface area contributed by atoms with Crippen LogP contribution in [0.15, 0.2) is 24.3 Å². The second-order valence-electron chi connectivity index (χ2n) is 8.26. The molecule has 1 aromatic carbocycles. The average molecular weight is 439 g/mol. The van der Waals surface area contributed by atoms with E-state index in [2.05, 4.69) is 10.3 Å². The minimum absolute atomic E-state index is 0.0645. The highest BCUT2D eigenvalue weighted by molar-refractivity contribution is 6.00. The number of aromatic nitrogens is 2. The fourth-order valence-electron chi connectivity index (χ4n) is 4.28. The largest absolute Gasteiger partial charge is 0.347 e. The molecule has 168 valence electrons. The molecular weight excluding hydrogens is 413 g/mol. The minimum Gasteiger partial charge on any atom is -0.347 e. The lowest BCUT2D eigenvalue weighted by atomic mass is 10.0. The molecule has 1 saturated heterocycles. The Morgan fingerprint density at radius 3 is 2.66 bits per heavy atom. The zero-order valence-corrected chi connectivity index (χ0v) is 18.2. The molecule has 2 aliphatic rings. The van der Waals surface area contributed by atoms with Crippen molar-refractivity contribution >= 4 is 23.5 Å². The number of amides is 3. The molecule has 4 rings (SSSR count). The number of rotatable bonds is 5. The number of halogens is 1. The number of benzene rings is 1. The van der Waals surface area contributed by atoms with Crippen LogP contribution in [0, 0.1) is 12.7 Å². The summed E-state index contributed by atoms with van der Waals surface area (Å²) in [6, 6.07) is 5.73. The Morgan fingerprint density at radius 1 is 1.19 bits per heavy atom. The average Bonchev–Trinajstić information content (AvgIpc) is 3.09. The topological polar surface area (TPSA) is 95.5 Å². The molecule has 0 aliphatic carbocycles. The van der Waals surface area contributed by atoms with Gasteiger partial charge in [-0.05, 0) is 43.9 Å². The first-order valence-electron chi connectivity index (χ1n) is 10.8. The minimum atomic E-state index is -0.330. The maximum absolute atomic E-state index is 13.3. The quantitative estimate of drug-likeness (QED) is 0.771. The second-order valence-corrected chi connectivity index (χ2v) is 8.26. The lowest BCUT2D eigenvalue weighted by molar-refractivity contribution is -0.136. The number of nitrogens with zero attached hydrogens (tertiary/aromatic N) is 4. The smallest absolute Gasteiger partial charge is 0.242 e. The monoisotopic (exact) mass is 439 g/mol. The van der Waals surface area contributed by atoms with E-state index in [1.165, 1.54) is 19.1 Å². The first-order chi connectivity index (χ1) is 15.3. The molecule has 1 N–H and O–H groups in total. The number of carbonyl (C=O) groups excluding carboxylic acids is 3. The molecule has 0 saturated carbocycles. The van der Waals surface area contributed by atoms with Gasteiger partial charge >= 0.3 is 0 Å². The Labute approximate surface area is 185 Å². The predicted octanol–water partition coefficient (Wildman–Crippen LogP) is 2.20. The zero-order chi connectivity index (χ0) is 22.8. The molecule has 32 heavy (non-hydrogen) atoms. The van der Waals surface area contributed by atoms with Gasteiger partial charge < -0.3 is 10.2 Å². The van der Waals surface area contributed by atoms with Crippen LogP contribution in [0.3, 0.4) is 0 Å². The maximum Gasteiger partial charge on any atom is 0.242 e. The first kappa shape index (κ1) is 21.9. The van der Waals surface area contributed by atoms with Crippen LogP contribution in [-0.4, -0.2) is 45.7 Å². The van der Waals surface area contributed by atoms with E-state index < -0.39 is 0 Å². The summed E-state index contributed by atoms with van der Waals surface area (Å²) >= 11 is 0. The van der Waals surface area contributed by atoms with Crippen LogP contribution in [0.5, 0.6) is 0 Å². The number of carbonyl (C=O) groups is 3. The Bertz CT molecular complexity index is 1060. The summed E-state index contributed by atoms with van der Waals surface area (Å²) in [4.78, 5) is 49.5. The summed E-state index contributed by atoms with van der Waals surface area (Å²) in [5.74, 6) is 0.222. The number of hydrogen-bond acceptors (Lipinski definition) is 5. The van der Waals surface area contributed by atoms with E-state index in [-0.39, 0.29) is 49.1 Å². The van der Waals surface area contributed by atoms with Gasteiger partial charge in [0.1, 0.15) is 11.6 Å². The Morgan fingerprint density at radius 2 is 1.94 bits per heavy atom. The van der Waals surface area contributed by atoms with Crippen molar-refractivity contribution in [3.05, 3.63) is 52.7 Å². The van der Waals surface area contributed by atoms with Crippen molar-refractivity contribution in [2.24, 2.45) is 0 Å². The van der Waals surface area contributed by atoms with Gasteiger partial charge in [0.2, 0.25) is 17.7 Å². The number of nitrogens with one attached hydrogen (secondary N) is 1. The molecule has 3 amide bonds. The molecular formula is C23H26FN5O3. The van der Waals surface area contributed by atoms with Crippen molar-refractivity contribution in [3.63, 3.8) is 0 Å². The van der Waals surface area contributed by atoms with Gasteiger partial charge in [0, 0.05) is 24.7 Å². The van der Waals surface area contributed by atoms with Crippen LogP contribution < -0.4 is 10.2 Å². The van der Waals surface area contributed by atoms with Crippen LogP contribution in [0.4, 0.5) is 10.2 Å². The normalized spacial score (nSPS) is 18.0. The number of anilines is 1. The molecule has 1 atom stereocenters. The van der Waals surface area contributed by atoms with Gasteiger partial charge in [0.05, 0.1) is 25.6 Å². The van der Waals surface area contributed by atoms with Crippen molar-refractivity contribution in [1.82, 2.24) is 20.2 Å². The number of piperidine rings is 1. The van der Waals surface area contributed by atoms with E-state index in [0.717, 1.165) is 36.1 Å². The Kier molecular flexibility index (Phi) is 6.16. The highest BCUT2D eigenvalue weighted by Crippen LogP contribution is 2.35. The molecule has 0 bridgehead atoms. The molecule has 2 aliphatic heterocycles. The summed E-state index contributed by atoms with van der Waals surface area (Å²) in [5, 5.41) is 2.56. The summed E-state index contributed by atoms with van der Waals surface area (Å²) in [7, 11) is 0. The maximum atomic E-state index is 13.3. The fraction of sp³-hybridized carbons (Fsp3) is 0.435. The van der Waals surface area contributed by atoms with Gasteiger partial charge in [0.15, 0.2) is 5.82 Å². The summed E-state index contributed by atoms with van der Waals surface area (Å²) < 4.78 is 13.3. The number of aryl methyl sites for hydroxylation is 1. The van der Waals surface area contributed by atoms with Gasteiger partial charge in [-0.25, -0.2) is 14.4 Å². The second kappa shape index (κ2) is 9.02. The van der Waals surface area contributed by atoms with Crippen LogP contribution in [-0.2, 0) is 27.3 Å². The molecule has 0 radical (unpaired) electrons. The van der Waals surface area contributed by atoms with Crippen LogP contribution >= 0.6 is 0 Å². The van der Waals surface area contributed by atoms with Crippen LogP contribution in [0.25, 0.3) is 0 Å². The Hall–Kier alpha value is -3.36. The molecule has 9 heteroatoms. The third-order valence-electron chi connectivity index (χ3n) is 5.96. The Balaban J connectivity index is 1.63. The van der Waals surface area contributed by atoms with Crippen molar-refractivity contribution in [3.8, 4) is 0 Å². The summed E-state index contributed by atoms with van der Waals surface area (Å²) in [5.41, 5.74) is 2.31. The molecule has 3 heterocycles. The van der Waals surface area contributed by atoms with Crippen molar-refractivity contribution in [2.45, 2.75) is 52.1 Å². The van der Waals surface area contributed by atoms with Crippen molar-refractivity contribution in [1.29, 1.82) is 0 Å². The molecule has 8 nitrogen and oxygen atoms in total. The highest BCUT2D eigenvalue weighted by atomic mass is 19.1. The van der Waals surface area contributed by atoms with E-state index in [1.807, 2.05) is 6.92 Å². The standard InChI is InChI=1S/C23H26FN5O3/c1-14-18-11-20(31)29(13-16-6-8-17(24)9-7-16)23(18)27-22(26-14)19-5-3-4-10-28(19)21(32)12-25-15(2)30/h6-9,19H,3-5,10-13H2,1-2H3,(H,25,30). The van der Waals surface area contributed by atoms with Crippen LogP contribution in [0.1, 0.15) is 54.9 Å². The molecule has 1 unspecified atom stereocenters. The lowest BCUT2D eigenvalue weighted by Gasteiger charge is -2.35. The van der Waals surface area contributed by atoms with Gasteiger partial charge in [-0.2, -0.15) is 0 Å². The third kappa shape index (κ3) is 4.46. The predicted molar refractivity (Wildman–Crippen MR) is 115 cm³/mol. The van der Waals surface area contributed by atoms with Gasteiger partial charge in [0.25, 0.3) is 0 Å². The summed E-state index contributed by atoms with van der Waals surface area (Å²) in [6.45, 7) is 4.02. The van der Waals surface area contributed by atoms with Gasteiger partial charge in [-0.1, -0.05) is 12.1 Å². The van der Waals surface area contributed by atoms with E-state index in [4.69, 9.17) is 4.98 Å². The first-order valence-corrected chi connectivity index (χ1v) is 10.8. The number of hydrogen-bond donors (Lipinski definition) is 1. The van der Waals surface area contributed by atoms with Gasteiger partial charge in [-0.3, -0.25) is 19.3 Å². The van der Waals surface area contributed by atoms with E-state index in [9.17, 15) is 18.8 Å². The van der Waals surface area contributed by atoms with Crippen LogP contribution in [0.2, 0.25) is 0 Å². The summed E-state index contributed by atoms with van der Waals surface area (Å²) in [6.07, 6.45) is 2.75. The van der Waals surface area contributed by atoms with E-state index in [1.54, 1.807) is 21.9 Å². The zero-order valence-electron chi connectivity index (χ0n) is 18.2. The van der Waals surface area contributed by atoms with Crippen molar-refractivity contribution in [2.75, 3.05) is 18.0 Å². The van der Waals surface area contributed by atoms with Crippen molar-refractivity contribution < 1.29 is 18.8 Å². The third-order valence-corrected chi connectivity index (χ3v) is 5.96. The SMILES string of the molecule is CC(=O)NCC(=O)N1CCCCC1c1nc(C)c2c(n1)N(Cc1ccc(F)cc1)C(=O)C2. The number of likely N-dealkylation sites (tertiary alicyclic amines) is 1. The molecule has 2 aromatic rings. The van der Waals surface area contributed by atoms with E-state index >= 15 is 0 Å². The van der Waals surface area contributed by atoms with Gasteiger partial charge in [-0.15, -0.1) is 0 Å². The highest BCUT2D eigenvalue weighted by Gasteiger charge is 2.35. The molecule has 1 aromatic heterocycles. The van der Waals surface area contributed by atoms with E-state index in [0.29, 0.717) is 18.2 Å². The lowest BCUT2D eigenvalue weighted by Crippen LogP contribution is -2.44. The fourth-order valence-corrected chi connectivity index (χ4v) is 4.28. The number of fused-ring (bicyclic) bond motifs is 1.